The van der Waals surface area contributed by atoms with Gasteiger partial charge in [0.1, 0.15) is 0 Å². The highest BCUT2D eigenvalue weighted by Gasteiger charge is 2.22. The minimum absolute atomic E-state index is 0.472. The van der Waals surface area contributed by atoms with E-state index in [1.807, 2.05) is 6.07 Å². The van der Waals surface area contributed by atoms with E-state index in [0.717, 1.165) is 48.2 Å². The second-order valence-corrected chi connectivity index (χ2v) is 5.96. The van der Waals surface area contributed by atoms with E-state index >= 15 is 0 Å². The molecule has 106 valence electrons. The maximum Gasteiger partial charge on any atom is 0.0738 e. The van der Waals surface area contributed by atoms with Gasteiger partial charge in [-0.05, 0) is 29.8 Å². The molecule has 3 rings (SSSR count). The zero-order chi connectivity index (χ0) is 14.3. The van der Waals surface area contributed by atoms with Gasteiger partial charge >= 0.3 is 0 Å². The molecule has 0 radical (unpaired) electrons. The van der Waals surface area contributed by atoms with Crippen LogP contribution in [0.2, 0.25) is 10.0 Å². The van der Waals surface area contributed by atoms with Gasteiger partial charge in [-0.1, -0.05) is 30.1 Å². The summed E-state index contributed by atoms with van der Waals surface area (Å²) in [5.41, 5.74) is 10.4. The van der Waals surface area contributed by atoms with E-state index in [1.165, 1.54) is 5.56 Å². The number of benzene rings is 1. The number of halogens is 2. The molecule has 0 amide bonds. The molecule has 5 heteroatoms. The normalized spacial score (nSPS) is 15.6. The molecule has 0 saturated heterocycles. The summed E-state index contributed by atoms with van der Waals surface area (Å²) in [5, 5.41) is 2.20. The van der Waals surface area contributed by atoms with Crippen molar-refractivity contribution in [3.05, 3.63) is 39.0 Å². The lowest BCUT2D eigenvalue weighted by atomic mass is 9.96. The predicted octanol–water partition coefficient (Wildman–Crippen LogP) is 3.38. The van der Waals surface area contributed by atoms with Crippen molar-refractivity contribution in [2.75, 3.05) is 13.1 Å². The van der Waals surface area contributed by atoms with Crippen LogP contribution in [0.5, 0.6) is 0 Å². The van der Waals surface area contributed by atoms with Gasteiger partial charge in [0.05, 0.1) is 10.5 Å². The van der Waals surface area contributed by atoms with Gasteiger partial charge < -0.3 is 5.73 Å². The van der Waals surface area contributed by atoms with Gasteiger partial charge in [0.2, 0.25) is 0 Å². The molecule has 0 fully saturated rings. The molecule has 0 spiro atoms. The van der Waals surface area contributed by atoms with Crippen LogP contribution >= 0.6 is 23.2 Å². The monoisotopic (exact) mass is 309 g/mol. The van der Waals surface area contributed by atoms with Gasteiger partial charge in [-0.3, -0.25) is 9.88 Å². The number of fused-ring (bicyclic) bond motifs is 2. The third-order valence-corrected chi connectivity index (χ3v) is 4.52. The van der Waals surface area contributed by atoms with Gasteiger partial charge in [0.15, 0.2) is 0 Å². The van der Waals surface area contributed by atoms with Crippen LogP contribution < -0.4 is 5.73 Å². The second kappa shape index (κ2) is 5.49. The first-order valence-corrected chi connectivity index (χ1v) is 7.61. The van der Waals surface area contributed by atoms with E-state index < -0.39 is 0 Å². The Morgan fingerprint density at radius 1 is 1.35 bits per heavy atom. The molecule has 1 aromatic heterocycles. The maximum absolute atomic E-state index is 6.37. The largest absolute Gasteiger partial charge is 0.326 e. The van der Waals surface area contributed by atoms with Crippen molar-refractivity contribution in [3.63, 3.8) is 0 Å². The summed E-state index contributed by atoms with van der Waals surface area (Å²) >= 11 is 12.4. The summed E-state index contributed by atoms with van der Waals surface area (Å²) in [4.78, 5) is 7.17. The van der Waals surface area contributed by atoms with Crippen molar-refractivity contribution in [2.45, 2.75) is 26.4 Å². The van der Waals surface area contributed by atoms with E-state index in [2.05, 4.69) is 11.8 Å². The van der Waals surface area contributed by atoms with Crippen LogP contribution in [-0.4, -0.2) is 23.0 Å². The molecular formula is C15H17Cl2N3. The fourth-order valence-corrected chi connectivity index (χ4v) is 3.54. The summed E-state index contributed by atoms with van der Waals surface area (Å²) in [5.74, 6) is 0. The number of hydrogen-bond donors (Lipinski definition) is 1. The Balaban J connectivity index is 2.28. The lowest BCUT2D eigenvalue weighted by molar-refractivity contribution is 0.265. The fourth-order valence-electron chi connectivity index (χ4n) is 2.94. The average Bonchev–Trinajstić information content (AvgIpc) is 2.44. The van der Waals surface area contributed by atoms with Crippen LogP contribution in [0.25, 0.3) is 10.9 Å². The van der Waals surface area contributed by atoms with Crippen LogP contribution in [0, 0.1) is 0 Å². The quantitative estimate of drug-likeness (QED) is 0.924. The van der Waals surface area contributed by atoms with Gasteiger partial charge in [0, 0.05) is 42.2 Å². The van der Waals surface area contributed by atoms with Crippen LogP contribution in [0.4, 0.5) is 0 Å². The summed E-state index contributed by atoms with van der Waals surface area (Å²) in [7, 11) is 0. The van der Waals surface area contributed by atoms with E-state index in [4.69, 9.17) is 33.9 Å². The molecule has 2 N–H and O–H groups in total. The fraction of sp³-hybridized carbons (Fsp3) is 0.400. The molecule has 3 nitrogen and oxygen atoms in total. The molecule has 0 bridgehead atoms. The van der Waals surface area contributed by atoms with Crippen LogP contribution in [-0.2, 0) is 19.5 Å². The Bertz CT molecular complexity index is 670. The summed E-state index contributed by atoms with van der Waals surface area (Å²) in [6, 6.07) is 3.63. The Morgan fingerprint density at radius 2 is 2.15 bits per heavy atom. The molecule has 1 aromatic carbocycles. The number of nitrogens with two attached hydrogens (primary N) is 1. The molecule has 0 saturated carbocycles. The van der Waals surface area contributed by atoms with Gasteiger partial charge in [-0.2, -0.15) is 0 Å². The van der Waals surface area contributed by atoms with Crippen molar-refractivity contribution in [2.24, 2.45) is 5.73 Å². The highest BCUT2D eigenvalue weighted by Crippen LogP contribution is 2.34. The molecule has 0 unspecified atom stereocenters. The summed E-state index contributed by atoms with van der Waals surface area (Å²) in [6.45, 7) is 5.63. The molecule has 1 aliphatic rings. The minimum Gasteiger partial charge on any atom is -0.326 e. The Hall–Kier alpha value is -0.870. The van der Waals surface area contributed by atoms with Crippen molar-refractivity contribution in [1.29, 1.82) is 0 Å². The Labute approximate surface area is 128 Å². The molecule has 0 aliphatic carbocycles. The predicted molar refractivity (Wildman–Crippen MR) is 84.3 cm³/mol. The third kappa shape index (κ3) is 2.29. The first kappa shape index (κ1) is 14.1. The minimum atomic E-state index is 0.472. The highest BCUT2D eigenvalue weighted by molar-refractivity contribution is 6.38. The number of pyridine rings is 1. The van der Waals surface area contributed by atoms with Crippen molar-refractivity contribution in [3.8, 4) is 0 Å². The van der Waals surface area contributed by atoms with E-state index in [9.17, 15) is 0 Å². The Kier molecular flexibility index (Phi) is 3.87. The SMILES string of the molecule is CCN1CCc2nc3cc(Cl)cc(Cl)c3c(CN)c2C1. The standard InChI is InChI=1S/C15H17Cl2N3/c1-2-20-4-3-13-11(8-20)10(7-18)15-12(17)5-9(16)6-14(15)19-13/h5-6H,2-4,7-8,18H2,1H3. The summed E-state index contributed by atoms with van der Waals surface area (Å²) in [6.07, 6.45) is 0.955. The lowest BCUT2D eigenvalue weighted by Gasteiger charge is -2.29. The highest BCUT2D eigenvalue weighted by atomic mass is 35.5. The van der Waals surface area contributed by atoms with Crippen LogP contribution in [0.15, 0.2) is 12.1 Å². The van der Waals surface area contributed by atoms with Gasteiger partial charge in [-0.25, -0.2) is 0 Å². The topological polar surface area (TPSA) is 42.2 Å². The zero-order valence-electron chi connectivity index (χ0n) is 11.4. The number of likely N-dealkylation sites (N-methyl/N-ethyl adjacent to an activating group) is 1. The first-order valence-electron chi connectivity index (χ1n) is 6.85. The lowest BCUT2D eigenvalue weighted by Crippen LogP contribution is -2.32. The molecule has 2 heterocycles. The molecule has 1 aliphatic heterocycles. The molecular weight excluding hydrogens is 293 g/mol. The van der Waals surface area contributed by atoms with Gasteiger partial charge in [0.25, 0.3) is 0 Å². The van der Waals surface area contributed by atoms with E-state index in [0.29, 0.717) is 16.6 Å². The number of nitrogens with zero attached hydrogens (tertiary/aromatic N) is 2. The van der Waals surface area contributed by atoms with Crippen molar-refractivity contribution in [1.82, 2.24) is 9.88 Å². The van der Waals surface area contributed by atoms with E-state index in [1.54, 1.807) is 6.07 Å². The number of aromatic nitrogens is 1. The van der Waals surface area contributed by atoms with Crippen LogP contribution in [0.3, 0.4) is 0 Å². The maximum atomic E-state index is 6.37. The average molecular weight is 310 g/mol. The Morgan fingerprint density at radius 3 is 2.85 bits per heavy atom. The third-order valence-electron chi connectivity index (χ3n) is 4.00. The first-order chi connectivity index (χ1) is 9.63. The number of hydrogen-bond acceptors (Lipinski definition) is 3. The number of rotatable bonds is 2. The smallest absolute Gasteiger partial charge is 0.0738 e. The molecule has 0 atom stereocenters. The molecule has 2 aromatic rings. The van der Waals surface area contributed by atoms with E-state index in [-0.39, 0.29) is 0 Å². The van der Waals surface area contributed by atoms with Crippen molar-refractivity contribution >= 4 is 34.1 Å². The molecule has 20 heavy (non-hydrogen) atoms. The van der Waals surface area contributed by atoms with Crippen molar-refractivity contribution < 1.29 is 0 Å². The summed E-state index contributed by atoms with van der Waals surface area (Å²) < 4.78 is 0. The second-order valence-electron chi connectivity index (χ2n) is 5.12. The zero-order valence-corrected chi connectivity index (χ0v) is 12.9. The van der Waals surface area contributed by atoms with Crippen LogP contribution in [0.1, 0.15) is 23.7 Å². The van der Waals surface area contributed by atoms with Gasteiger partial charge in [-0.15, -0.1) is 0 Å².